The molecule has 0 fully saturated rings. The summed E-state index contributed by atoms with van der Waals surface area (Å²) in [5.41, 5.74) is 12.1. The fraction of sp³-hybridized carbons (Fsp3) is 0. The average molecular weight is 447 g/mol. The number of aromatic nitrogens is 1. The zero-order valence-electron chi connectivity index (χ0n) is 19.1. The van der Waals surface area contributed by atoms with Gasteiger partial charge in [-0.2, -0.15) is 0 Å². The Morgan fingerprint density at radius 2 is 1.23 bits per heavy atom. The second kappa shape index (κ2) is 7.96. The van der Waals surface area contributed by atoms with E-state index in [1.807, 2.05) is 18.3 Å². The Kier molecular flexibility index (Phi) is 4.49. The maximum absolute atomic E-state index is 4.23. The molecule has 1 heterocycles. The van der Waals surface area contributed by atoms with E-state index in [4.69, 9.17) is 0 Å². The molecule has 0 bridgehead atoms. The van der Waals surface area contributed by atoms with Gasteiger partial charge in [-0.05, 0) is 80.0 Å². The van der Waals surface area contributed by atoms with E-state index in [-0.39, 0.29) is 0 Å². The van der Waals surface area contributed by atoms with E-state index in [2.05, 4.69) is 113 Å². The summed E-state index contributed by atoms with van der Waals surface area (Å²) >= 11 is 0. The Balaban J connectivity index is 1.30. The van der Waals surface area contributed by atoms with Crippen molar-refractivity contribution in [2.75, 3.05) is 5.32 Å². The summed E-state index contributed by atoms with van der Waals surface area (Å²) in [5, 5.41) is 6.19. The SMILES string of the molecule is c1cncc(Nc2ccccc2-c2cccc(-c3ccc4c(c3)-c3cccc5cccc-4c35)c2)c1. The van der Waals surface area contributed by atoms with Crippen molar-refractivity contribution in [3.05, 3.63) is 128 Å². The van der Waals surface area contributed by atoms with Gasteiger partial charge in [-0.3, -0.25) is 4.98 Å². The Labute approximate surface area is 204 Å². The molecule has 1 N–H and O–H groups in total. The molecule has 1 aromatic heterocycles. The molecule has 1 aliphatic rings. The van der Waals surface area contributed by atoms with Crippen molar-refractivity contribution < 1.29 is 0 Å². The van der Waals surface area contributed by atoms with E-state index in [0.29, 0.717) is 0 Å². The molecule has 0 unspecified atom stereocenters. The molecule has 0 radical (unpaired) electrons. The minimum absolute atomic E-state index is 0.975. The highest BCUT2D eigenvalue weighted by molar-refractivity contribution is 6.15. The van der Waals surface area contributed by atoms with E-state index in [9.17, 15) is 0 Å². The number of fused-ring (bicyclic) bond motifs is 3. The Morgan fingerprint density at radius 1 is 0.486 bits per heavy atom. The van der Waals surface area contributed by atoms with Gasteiger partial charge in [0.1, 0.15) is 0 Å². The van der Waals surface area contributed by atoms with Crippen LogP contribution in [0.4, 0.5) is 11.4 Å². The first-order valence-corrected chi connectivity index (χ1v) is 11.9. The molecule has 35 heavy (non-hydrogen) atoms. The van der Waals surface area contributed by atoms with Gasteiger partial charge in [0.25, 0.3) is 0 Å². The largest absolute Gasteiger partial charge is 0.354 e. The lowest BCUT2D eigenvalue weighted by atomic mass is 9.94. The molecule has 2 heteroatoms. The summed E-state index contributed by atoms with van der Waals surface area (Å²) in [6.07, 6.45) is 3.63. The smallest absolute Gasteiger partial charge is 0.0570 e. The Morgan fingerprint density at radius 3 is 2.09 bits per heavy atom. The number of para-hydroxylation sites is 1. The normalized spacial score (nSPS) is 11.4. The first-order valence-electron chi connectivity index (χ1n) is 11.9. The van der Waals surface area contributed by atoms with Crippen LogP contribution in [0, 0.1) is 0 Å². The first kappa shape index (κ1) is 19.7. The van der Waals surface area contributed by atoms with Gasteiger partial charge in [-0.15, -0.1) is 0 Å². The van der Waals surface area contributed by atoms with E-state index in [0.717, 1.165) is 16.9 Å². The van der Waals surface area contributed by atoms with Crippen molar-refractivity contribution in [3.63, 3.8) is 0 Å². The summed E-state index contributed by atoms with van der Waals surface area (Å²) in [6.45, 7) is 0. The van der Waals surface area contributed by atoms with E-state index < -0.39 is 0 Å². The van der Waals surface area contributed by atoms with Crippen molar-refractivity contribution in [3.8, 4) is 44.5 Å². The molecule has 0 saturated heterocycles. The zero-order valence-corrected chi connectivity index (χ0v) is 19.1. The van der Waals surface area contributed by atoms with Crippen LogP contribution in [-0.4, -0.2) is 4.98 Å². The van der Waals surface area contributed by atoms with Crippen LogP contribution in [0.5, 0.6) is 0 Å². The van der Waals surface area contributed by atoms with Gasteiger partial charge in [-0.25, -0.2) is 0 Å². The van der Waals surface area contributed by atoms with Crippen LogP contribution in [0.1, 0.15) is 0 Å². The molecule has 0 atom stereocenters. The van der Waals surface area contributed by atoms with Gasteiger partial charge in [0, 0.05) is 17.4 Å². The Bertz CT molecular complexity index is 1710. The predicted molar refractivity (Wildman–Crippen MR) is 147 cm³/mol. The molecular weight excluding hydrogens is 424 g/mol. The van der Waals surface area contributed by atoms with Crippen LogP contribution >= 0.6 is 0 Å². The summed E-state index contributed by atoms with van der Waals surface area (Å²) < 4.78 is 0. The summed E-state index contributed by atoms with van der Waals surface area (Å²) in [5.74, 6) is 0. The third-order valence-corrected chi connectivity index (χ3v) is 6.88. The standard InChI is InChI=1S/C33H22N2/c1-2-15-32(35-26-11-6-18-34-21-26)27(12-1)25-10-3-9-23(19-25)24-16-17-28-29-13-4-7-22-8-5-14-30(33(22)29)31(28)20-24/h1-21,35H. The zero-order chi connectivity index (χ0) is 23.2. The fourth-order valence-electron chi connectivity index (χ4n) is 5.27. The fourth-order valence-corrected chi connectivity index (χ4v) is 5.27. The lowest BCUT2D eigenvalue weighted by Crippen LogP contribution is -1.93. The average Bonchev–Trinajstić information content (AvgIpc) is 3.25. The number of nitrogens with zero attached hydrogens (tertiary/aromatic N) is 1. The highest BCUT2D eigenvalue weighted by atomic mass is 14.9. The number of pyridine rings is 1. The third-order valence-electron chi connectivity index (χ3n) is 6.88. The summed E-state index contributed by atoms with van der Waals surface area (Å²) in [4.78, 5) is 4.23. The van der Waals surface area contributed by atoms with E-state index >= 15 is 0 Å². The van der Waals surface area contributed by atoms with Crippen LogP contribution in [0.15, 0.2) is 128 Å². The number of nitrogens with one attached hydrogen (secondary N) is 1. The van der Waals surface area contributed by atoms with Gasteiger partial charge < -0.3 is 5.32 Å². The number of anilines is 2. The maximum Gasteiger partial charge on any atom is 0.0570 e. The first-order chi connectivity index (χ1) is 17.3. The molecule has 0 spiro atoms. The quantitative estimate of drug-likeness (QED) is 0.292. The molecule has 2 nitrogen and oxygen atoms in total. The van der Waals surface area contributed by atoms with Gasteiger partial charge in [-0.1, -0.05) is 84.9 Å². The van der Waals surface area contributed by atoms with Crippen LogP contribution in [0.25, 0.3) is 55.3 Å². The minimum Gasteiger partial charge on any atom is -0.354 e. The monoisotopic (exact) mass is 446 g/mol. The Hall–Kier alpha value is -4.69. The molecule has 6 aromatic rings. The van der Waals surface area contributed by atoms with Crippen molar-refractivity contribution >= 4 is 22.1 Å². The predicted octanol–water partition coefficient (Wildman–Crippen LogP) is 8.96. The van der Waals surface area contributed by atoms with Crippen LogP contribution in [0.3, 0.4) is 0 Å². The molecule has 0 saturated carbocycles. The topological polar surface area (TPSA) is 24.9 Å². The molecule has 0 aliphatic heterocycles. The number of rotatable bonds is 4. The van der Waals surface area contributed by atoms with Gasteiger partial charge in [0.05, 0.1) is 11.9 Å². The molecule has 0 amide bonds. The van der Waals surface area contributed by atoms with Crippen molar-refractivity contribution in [2.45, 2.75) is 0 Å². The molecule has 5 aromatic carbocycles. The summed E-state index contributed by atoms with van der Waals surface area (Å²) in [7, 11) is 0. The number of hydrogen-bond donors (Lipinski definition) is 1. The van der Waals surface area contributed by atoms with Gasteiger partial charge in [0.15, 0.2) is 0 Å². The number of benzene rings is 5. The molecular formula is C33H22N2. The minimum atomic E-state index is 0.975. The molecule has 164 valence electrons. The van der Waals surface area contributed by atoms with Gasteiger partial charge in [0.2, 0.25) is 0 Å². The third kappa shape index (κ3) is 3.31. The van der Waals surface area contributed by atoms with E-state index in [1.54, 1.807) is 6.20 Å². The van der Waals surface area contributed by atoms with Crippen molar-refractivity contribution in [2.24, 2.45) is 0 Å². The van der Waals surface area contributed by atoms with E-state index in [1.165, 1.54) is 49.7 Å². The summed E-state index contributed by atoms with van der Waals surface area (Å²) in [6, 6.07) is 41.3. The second-order valence-corrected chi connectivity index (χ2v) is 8.96. The highest BCUT2D eigenvalue weighted by Gasteiger charge is 2.21. The highest BCUT2D eigenvalue weighted by Crippen LogP contribution is 2.48. The second-order valence-electron chi connectivity index (χ2n) is 8.96. The molecule has 1 aliphatic carbocycles. The molecule has 7 rings (SSSR count). The lowest BCUT2D eigenvalue weighted by molar-refractivity contribution is 1.32. The van der Waals surface area contributed by atoms with Gasteiger partial charge >= 0.3 is 0 Å². The maximum atomic E-state index is 4.23. The van der Waals surface area contributed by atoms with Crippen LogP contribution < -0.4 is 5.32 Å². The lowest BCUT2D eigenvalue weighted by Gasteiger charge is -2.13. The van der Waals surface area contributed by atoms with Crippen molar-refractivity contribution in [1.29, 1.82) is 0 Å². The van der Waals surface area contributed by atoms with Crippen LogP contribution in [-0.2, 0) is 0 Å². The number of hydrogen-bond acceptors (Lipinski definition) is 2. The van der Waals surface area contributed by atoms with Crippen molar-refractivity contribution in [1.82, 2.24) is 4.98 Å². The van der Waals surface area contributed by atoms with Crippen LogP contribution in [0.2, 0.25) is 0 Å².